The summed E-state index contributed by atoms with van der Waals surface area (Å²) < 4.78 is 4.43. The largest absolute Gasteiger partial charge is 0.481 e. The van der Waals surface area contributed by atoms with E-state index in [4.69, 9.17) is 5.11 Å². The highest BCUT2D eigenvalue weighted by atomic mass is 79.9. The van der Waals surface area contributed by atoms with E-state index in [0.717, 1.165) is 53.0 Å². The number of halogens is 1. The van der Waals surface area contributed by atoms with Gasteiger partial charge < -0.3 is 10.0 Å². The van der Waals surface area contributed by atoms with E-state index in [9.17, 15) is 9.59 Å². The zero-order chi connectivity index (χ0) is 21.5. The van der Waals surface area contributed by atoms with Gasteiger partial charge in [0, 0.05) is 17.6 Å². The smallest absolute Gasteiger partial charge is 0.307 e. The van der Waals surface area contributed by atoms with Crippen LogP contribution in [-0.2, 0) is 17.8 Å². The van der Waals surface area contributed by atoms with E-state index in [1.54, 1.807) is 16.7 Å². The van der Waals surface area contributed by atoms with Gasteiger partial charge in [-0.2, -0.15) is 0 Å². The van der Waals surface area contributed by atoms with Crippen LogP contribution < -0.4 is 10.5 Å². The van der Waals surface area contributed by atoms with Gasteiger partial charge in [0.25, 0.3) is 5.56 Å². The van der Waals surface area contributed by atoms with Crippen LogP contribution in [0.4, 0.5) is 5.95 Å². The van der Waals surface area contributed by atoms with Gasteiger partial charge in [0.15, 0.2) is 0 Å². The molecule has 31 heavy (non-hydrogen) atoms. The molecule has 1 saturated heterocycles. The van der Waals surface area contributed by atoms with E-state index in [1.807, 2.05) is 34.7 Å². The Labute approximate surface area is 185 Å². The highest BCUT2D eigenvalue weighted by Gasteiger charge is 2.22. The average molecular weight is 482 g/mol. The summed E-state index contributed by atoms with van der Waals surface area (Å²) >= 11 is 3.48. The molecule has 0 atom stereocenters. The maximum atomic E-state index is 13.4. The molecule has 5 rings (SSSR count). The van der Waals surface area contributed by atoms with Gasteiger partial charge in [0.2, 0.25) is 11.7 Å². The van der Waals surface area contributed by atoms with Gasteiger partial charge >= 0.3 is 5.97 Å². The van der Waals surface area contributed by atoms with Gasteiger partial charge in [-0.15, -0.1) is 10.2 Å². The van der Waals surface area contributed by atoms with E-state index in [-0.39, 0.29) is 12.0 Å². The Morgan fingerprint density at radius 2 is 1.74 bits per heavy atom. The number of aliphatic carboxylic acids is 1. The lowest BCUT2D eigenvalue weighted by atomic mass is 10.1. The van der Waals surface area contributed by atoms with Crippen LogP contribution in [-0.4, -0.2) is 43.3 Å². The Morgan fingerprint density at radius 3 is 2.45 bits per heavy atom. The lowest BCUT2D eigenvalue weighted by Crippen LogP contribution is -2.26. The summed E-state index contributed by atoms with van der Waals surface area (Å²) in [5.74, 6) is 0.380. The Balaban J connectivity index is 1.67. The first-order chi connectivity index (χ1) is 15.0. The maximum Gasteiger partial charge on any atom is 0.307 e. The summed E-state index contributed by atoms with van der Waals surface area (Å²) in [7, 11) is 0. The Kier molecular flexibility index (Phi) is 4.97. The van der Waals surface area contributed by atoms with E-state index >= 15 is 0 Å². The number of nitrogens with zero attached hydrogens (tertiary/aromatic N) is 5. The minimum atomic E-state index is -0.872. The third kappa shape index (κ3) is 3.59. The topological polar surface area (TPSA) is 92.7 Å². The number of hydrogen-bond acceptors (Lipinski definition) is 5. The molecule has 3 heterocycles. The van der Waals surface area contributed by atoms with Gasteiger partial charge in [0.05, 0.1) is 23.9 Å². The Bertz CT molecular complexity index is 1350. The fraction of sp³-hybridized carbons (Fsp3) is 0.273. The normalized spacial score (nSPS) is 14.0. The molecule has 8 nitrogen and oxygen atoms in total. The van der Waals surface area contributed by atoms with E-state index in [1.165, 1.54) is 0 Å². The molecule has 4 aromatic rings. The third-order valence-corrected chi connectivity index (χ3v) is 6.15. The molecule has 1 fully saturated rings. The van der Waals surface area contributed by atoms with Crippen LogP contribution in [0.5, 0.6) is 0 Å². The van der Waals surface area contributed by atoms with Crippen LogP contribution in [0.2, 0.25) is 0 Å². The summed E-state index contributed by atoms with van der Waals surface area (Å²) in [6.07, 6.45) is 2.19. The van der Waals surface area contributed by atoms with Crippen LogP contribution in [0.1, 0.15) is 24.0 Å². The molecule has 1 aliphatic heterocycles. The highest BCUT2D eigenvalue weighted by molar-refractivity contribution is 9.10. The summed E-state index contributed by atoms with van der Waals surface area (Å²) in [4.78, 5) is 26.5. The first kappa shape index (κ1) is 19.7. The molecule has 158 valence electrons. The lowest BCUT2D eigenvalue weighted by molar-refractivity contribution is -0.136. The lowest BCUT2D eigenvalue weighted by Gasteiger charge is -2.17. The molecule has 0 aliphatic carbocycles. The zero-order valence-electron chi connectivity index (χ0n) is 16.7. The number of carbonyl (C=O) groups is 1. The molecule has 0 saturated carbocycles. The van der Waals surface area contributed by atoms with Crippen molar-refractivity contribution in [1.82, 2.24) is 19.2 Å². The van der Waals surface area contributed by atoms with Crippen LogP contribution in [0.25, 0.3) is 16.7 Å². The van der Waals surface area contributed by atoms with Crippen LogP contribution in [0, 0.1) is 0 Å². The predicted molar refractivity (Wildman–Crippen MR) is 121 cm³/mol. The standard InChI is InChI=1S/C22H20BrN5O3/c23-16-7-8-18-17(12-16)20(31)27(13-15-5-3-14(4-6-15)11-19(29)30)22-25-24-21(28(18)22)26-9-1-2-10-26/h3-8,12H,1-2,9-11,13H2,(H,29,30). The number of carboxylic acids is 1. The summed E-state index contributed by atoms with van der Waals surface area (Å²) in [6, 6.07) is 12.9. The predicted octanol–water partition coefficient (Wildman–Crippen LogP) is 3.08. The van der Waals surface area contributed by atoms with Crippen molar-refractivity contribution in [1.29, 1.82) is 0 Å². The number of benzene rings is 2. The number of rotatable bonds is 5. The molecule has 1 aliphatic rings. The number of carboxylic acid groups (broad SMARTS) is 1. The van der Waals surface area contributed by atoms with Crippen LogP contribution in [0.3, 0.4) is 0 Å². The number of aromatic nitrogens is 4. The summed E-state index contributed by atoms with van der Waals surface area (Å²) in [5.41, 5.74) is 2.25. The Morgan fingerprint density at radius 1 is 1.03 bits per heavy atom. The van der Waals surface area contributed by atoms with Crippen molar-refractivity contribution < 1.29 is 9.90 Å². The molecule has 0 unspecified atom stereocenters. The fourth-order valence-corrected chi connectivity index (χ4v) is 4.51. The minimum Gasteiger partial charge on any atom is -0.481 e. The second-order valence-electron chi connectivity index (χ2n) is 7.77. The van der Waals surface area contributed by atoms with Gasteiger partial charge in [0.1, 0.15) is 0 Å². The second kappa shape index (κ2) is 7.81. The van der Waals surface area contributed by atoms with Crippen molar-refractivity contribution in [3.63, 3.8) is 0 Å². The van der Waals surface area contributed by atoms with Gasteiger partial charge in [-0.1, -0.05) is 40.2 Å². The van der Waals surface area contributed by atoms with Crippen LogP contribution in [0.15, 0.2) is 51.7 Å². The molecular formula is C22H20BrN5O3. The molecule has 1 N–H and O–H groups in total. The maximum absolute atomic E-state index is 13.4. The van der Waals surface area contributed by atoms with E-state index in [2.05, 4.69) is 31.0 Å². The second-order valence-corrected chi connectivity index (χ2v) is 8.69. The molecule has 2 aromatic carbocycles. The third-order valence-electron chi connectivity index (χ3n) is 5.65. The SMILES string of the molecule is O=C(O)Cc1ccc(Cn2c(=O)c3cc(Br)ccc3n3c(N4CCCC4)nnc23)cc1. The van der Waals surface area contributed by atoms with Crippen molar-refractivity contribution >= 4 is 44.5 Å². The molecule has 0 radical (unpaired) electrons. The van der Waals surface area contributed by atoms with Gasteiger partial charge in [-0.05, 0) is 42.2 Å². The van der Waals surface area contributed by atoms with Crippen molar-refractivity contribution in [2.24, 2.45) is 0 Å². The summed E-state index contributed by atoms with van der Waals surface area (Å²) in [6.45, 7) is 2.15. The first-order valence-electron chi connectivity index (χ1n) is 10.1. The molecule has 0 amide bonds. The van der Waals surface area contributed by atoms with Crippen molar-refractivity contribution in [2.75, 3.05) is 18.0 Å². The van der Waals surface area contributed by atoms with E-state index < -0.39 is 5.97 Å². The first-order valence-corrected chi connectivity index (χ1v) is 10.9. The quantitative estimate of drug-likeness (QED) is 0.470. The molecule has 2 aromatic heterocycles. The number of anilines is 1. The fourth-order valence-electron chi connectivity index (χ4n) is 4.15. The van der Waals surface area contributed by atoms with Crippen molar-refractivity contribution in [2.45, 2.75) is 25.8 Å². The van der Waals surface area contributed by atoms with E-state index in [0.29, 0.717) is 17.7 Å². The Hall–Kier alpha value is -3.20. The molecule has 9 heteroatoms. The highest BCUT2D eigenvalue weighted by Crippen LogP contribution is 2.25. The molecule has 0 bridgehead atoms. The summed E-state index contributed by atoms with van der Waals surface area (Å²) in [5, 5.41) is 18.4. The number of fused-ring (bicyclic) bond motifs is 3. The average Bonchev–Trinajstić information content (AvgIpc) is 3.42. The molecular weight excluding hydrogens is 462 g/mol. The van der Waals surface area contributed by atoms with Gasteiger partial charge in [-0.3, -0.25) is 14.2 Å². The van der Waals surface area contributed by atoms with Gasteiger partial charge in [-0.25, -0.2) is 4.40 Å². The number of hydrogen-bond donors (Lipinski definition) is 1. The van der Waals surface area contributed by atoms with Crippen molar-refractivity contribution in [3.05, 3.63) is 68.4 Å². The monoisotopic (exact) mass is 481 g/mol. The zero-order valence-corrected chi connectivity index (χ0v) is 18.2. The minimum absolute atomic E-state index is 0.0299. The molecule has 0 spiro atoms. The van der Waals surface area contributed by atoms with Crippen LogP contribution >= 0.6 is 15.9 Å². The van der Waals surface area contributed by atoms with Crippen molar-refractivity contribution in [3.8, 4) is 0 Å².